The number of nitrogens with zero attached hydrogens (tertiary/aromatic N) is 3. The van der Waals surface area contributed by atoms with Gasteiger partial charge in [-0.2, -0.15) is 0 Å². The third-order valence-electron chi connectivity index (χ3n) is 3.68. The average Bonchev–Trinajstić information content (AvgIpc) is 3.32. The maximum absolute atomic E-state index is 12.3. The van der Waals surface area contributed by atoms with E-state index in [0.717, 1.165) is 13.0 Å². The molecule has 0 aliphatic rings. The number of aryl methyl sites for hydroxylation is 2. The minimum absolute atomic E-state index is 0.388. The summed E-state index contributed by atoms with van der Waals surface area (Å²) in [6, 6.07) is 12.5. The first-order valence-corrected chi connectivity index (χ1v) is 10.1. The first-order valence-electron chi connectivity index (χ1n) is 8.35. The summed E-state index contributed by atoms with van der Waals surface area (Å²) >= 11 is 2.98. The van der Waals surface area contributed by atoms with Crippen LogP contribution in [0.3, 0.4) is 0 Å². The molecule has 0 bridgehead atoms. The third kappa shape index (κ3) is 5.66. The minimum Gasteiger partial charge on any atom is -0.308 e. The van der Waals surface area contributed by atoms with Gasteiger partial charge in [-0.05, 0) is 36.9 Å². The van der Waals surface area contributed by atoms with Crippen LogP contribution in [0.25, 0.3) is 0 Å². The van der Waals surface area contributed by atoms with Gasteiger partial charge in [0.15, 0.2) is 5.16 Å². The number of benzene rings is 1. The van der Waals surface area contributed by atoms with Crippen molar-refractivity contribution in [1.82, 2.24) is 20.1 Å². The molecule has 0 aliphatic carbocycles. The van der Waals surface area contributed by atoms with E-state index in [-0.39, 0.29) is 5.91 Å². The van der Waals surface area contributed by atoms with Gasteiger partial charge in [-0.25, -0.2) is 4.79 Å². The van der Waals surface area contributed by atoms with E-state index in [9.17, 15) is 9.59 Å². The van der Waals surface area contributed by atoms with Crippen molar-refractivity contribution in [3.8, 4) is 0 Å². The van der Waals surface area contributed by atoms with Gasteiger partial charge in [0.25, 0.3) is 0 Å². The normalized spacial score (nSPS) is 11.7. The van der Waals surface area contributed by atoms with Crippen LogP contribution in [0.15, 0.2) is 59.3 Å². The second kappa shape index (κ2) is 9.33. The van der Waals surface area contributed by atoms with Crippen molar-refractivity contribution >= 4 is 40.7 Å². The van der Waals surface area contributed by atoms with Crippen molar-refractivity contribution in [2.24, 2.45) is 0 Å². The number of anilines is 1. The first kappa shape index (κ1) is 19.1. The molecule has 2 N–H and O–H groups in total. The van der Waals surface area contributed by atoms with Crippen molar-refractivity contribution in [1.29, 1.82) is 0 Å². The maximum atomic E-state index is 12.3. The van der Waals surface area contributed by atoms with Crippen LogP contribution >= 0.6 is 23.1 Å². The predicted molar refractivity (Wildman–Crippen MR) is 107 cm³/mol. The molecular formula is C18H19N5O2S2. The predicted octanol–water partition coefficient (Wildman–Crippen LogP) is 3.41. The molecule has 9 heteroatoms. The maximum Gasteiger partial charge on any atom is 0.325 e. The SMILES string of the molecule is CC(Sc1nncn1CCc1cccs1)C(=O)NC(=O)Nc1ccccc1. The van der Waals surface area contributed by atoms with Crippen molar-refractivity contribution in [3.63, 3.8) is 0 Å². The first-order chi connectivity index (χ1) is 13.1. The lowest BCUT2D eigenvalue weighted by molar-refractivity contribution is -0.119. The standard InChI is InChI=1S/C18H19N5O2S2/c1-13(16(24)21-17(25)20-14-6-3-2-4-7-14)27-18-22-19-12-23(18)10-9-15-8-5-11-26-15/h2-8,11-13H,9-10H2,1H3,(H2,20,21,24,25). The number of rotatable bonds is 7. The van der Waals surface area contributed by atoms with Gasteiger partial charge in [-0.1, -0.05) is 36.0 Å². The van der Waals surface area contributed by atoms with E-state index in [4.69, 9.17) is 0 Å². The van der Waals surface area contributed by atoms with Crippen LogP contribution in [-0.4, -0.2) is 32.0 Å². The van der Waals surface area contributed by atoms with E-state index in [1.165, 1.54) is 16.6 Å². The van der Waals surface area contributed by atoms with Crippen LogP contribution in [0.5, 0.6) is 0 Å². The van der Waals surface area contributed by atoms with Gasteiger partial charge in [0.1, 0.15) is 6.33 Å². The molecule has 3 rings (SSSR count). The second-order valence-corrected chi connectivity index (χ2v) is 8.05. The van der Waals surface area contributed by atoms with Gasteiger partial charge < -0.3 is 9.88 Å². The van der Waals surface area contributed by atoms with E-state index in [2.05, 4.69) is 26.9 Å². The number of urea groups is 1. The molecule has 1 atom stereocenters. The fourth-order valence-corrected chi connectivity index (χ4v) is 3.83. The summed E-state index contributed by atoms with van der Waals surface area (Å²) in [5.74, 6) is -0.388. The summed E-state index contributed by atoms with van der Waals surface area (Å²) < 4.78 is 1.91. The molecule has 0 radical (unpaired) electrons. The molecule has 140 valence electrons. The van der Waals surface area contributed by atoms with Gasteiger partial charge in [0, 0.05) is 17.1 Å². The molecule has 0 saturated carbocycles. The number of hydrogen-bond donors (Lipinski definition) is 2. The van der Waals surface area contributed by atoms with E-state index in [1.807, 2.05) is 22.1 Å². The van der Waals surface area contributed by atoms with Gasteiger partial charge in [-0.15, -0.1) is 21.5 Å². The van der Waals surface area contributed by atoms with E-state index in [0.29, 0.717) is 10.8 Å². The molecule has 1 aromatic carbocycles. The summed E-state index contributed by atoms with van der Waals surface area (Å²) in [5.41, 5.74) is 0.622. The highest BCUT2D eigenvalue weighted by Crippen LogP contribution is 2.21. The summed E-state index contributed by atoms with van der Waals surface area (Å²) in [6.45, 7) is 2.47. The highest BCUT2D eigenvalue weighted by molar-refractivity contribution is 8.00. The highest BCUT2D eigenvalue weighted by Gasteiger charge is 2.20. The second-order valence-electron chi connectivity index (χ2n) is 5.71. The van der Waals surface area contributed by atoms with Gasteiger partial charge in [0.2, 0.25) is 5.91 Å². The minimum atomic E-state index is -0.558. The smallest absolute Gasteiger partial charge is 0.308 e. The molecule has 0 fully saturated rings. The Morgan fingerprint density at radius 1 is 1.22 bits per heavy atom. The molecule has 0 spiro atoms. The van der Waals surface area contributed by atoms with Crippen molar-refractivity contribution < 1.29 is 9.59 Å². The number of para-hydroxylation sites is 1. The van der Waals surface area contributed by atoms with Gasteiger partial charge in [0.05, 0.1) is 5.25 Å². The summed E-state index contributed by atoms with van der Waals surface area (Å²) in [6.07, 6.45) is 2.53. The fraction of sp³-hybridized carbons (Fsp3) is 0.222. The van der Waals surface area contributed by atoms with Crippen LogP contribution in [0, 0.1) is 0 Å². The lowest BCUT2D eigenvalue weighted by Crippen LogP contribution is -2.38. The Kier molecular flexibility index (Phi) is 6.61. The Hall–Kier alpha value is -2.65. The van der Waals surface area contributed by atoms with Crippen LogP contribution in [0.2, 0.25) is 0 Å². The van der Waals surface area contributed by atoms with Crippen LogP contribution in [0.4, 0.5) is 10.5 Å². The Morgan fingerprint density at radius 2 is 2.04 bits per heavy atom. The zero-order chi connectivity index (χ0) is 19.1. The largest absolute Gasteiger partial charge is 0.325 e. The lowest BCUT2D eigenvalue weighted by Gasteiger charge is -2.12. The molecule has 3 amide bonds. The van der Waals surface area contributed by atoms with Crippen LogP contribution in [0.1, 0.15) is 11.8 Å². The molecule has 0 aliphatic heterocycles. The van der Waals surface area contributed by atoms with Crippen LogP contribution in [-0.2, 0) is 17.8 Å². The number of carbonyl (C=O) groups excluding carboxylic acids is 2. The molecule has 0 saturated heterocycles. The summed E-state index contributed by atoms with van der Waals surface area (Å²) in [4.78, 5) is 25.5. The Bertz CT molecular complexity index is 880. The third-order valence-corrected chi connectivity index (χ3v) is 5.71. The monoisotopic (exact) mass is 401 g/mol. The zero-order valence-corrected chi connectivity index (χ0v) is 16.3. The van der Waals surface area contributed by atoms with Crippen LogP contribution < -0.4 is 10.6 Å². The van der Waals surface area contributed by atoms with Gasteiger partial charge in [-0.3, -0.25) is 10.1 Å². The molecule has 1 unspecified atom stereocenters. The number of amides is 3. The van der Waals surface area contributed by atoms with E-state index < -0.39 is 11.3 Å². The lowest BCUT2D eigenvalue weighted by atomic mass is 10.3. The molecule has 2 aromatic heterocycles. The van der Waals surface area contributed by atoms with Crippen molar-refractivity contribution in [2.45, 2.75) is 30.3 Å². The molecule has 3 aromatic rings. The summed E-state index contributed by atoms with van der Waals surface area (Å²) in [7, 11) is 0. The Balaban J connectivity index is 1.51. The van der Waals surface area contributed by atoms with E-state index >= 15 is 0 Å². The zero-order valence-electron chi connectivity index (χ0n) is 14.7. The Labute approximate surface area is 165 Å². The molecule has 2 heterocycles. The summed E-state index contributed by atoms with van der Waals surface area (Å²) in [5, 5.41) is 15.2. The fourth-order valence-electron chi connectivity index (χ4n) is 2.28. The number of imide groups is 1. The van der Waals surface area contributed by atoms with E-state index in [1.54, 1.807) is 48.9 Å². The number of aromatic nitrogens is 3. The number of carbonyl (C=O) groups is 2. The van der Waals surface area contributed by atoms with Gasteiger partial charge >= 0.3 is 6.03 Å². The average molecular weight is 402 g/mol. The number of hydrogen-bond acceptors (Lipinski definition) is 6. The topological polar surface area (TPSA) is 88.9 Å². The highest BCUT2D eigenvalue weighted by atomic mass is 32.2. The number of thiophene rings is 1. The van der Waals surface area contributed by atoms with Crippen molar-refractivity contribution in [2.75, 3.05) is 5.32 Å². The molecule has 27 heavy (non-hydrogen) atoms. The number of nitrogens with one attached hydrogen (secondary N) is 2. The molecule has 7 nitrogen and oxygen atoms in total. The number of thioether (sulfide) groups is 1. The molecular weight excluding hydrogens is 382 g/mol. The quantitative estimate of drug-likeness (QED) is 0.592. The van der Waals surface area contributed by atoms with Crippen molar-refractivity contribution in [3.05, 3.63) is 59.0 Å². The Morgan fingerprint density at radius 3 is 2.78 bits per heavy atom.